The highest BCUT2D eigenvalue weighted by Crippen LogP contribution is 2.27. The number of halogens is 2. The van der Waals surface area contributed by atoms with E-state index >= 15 is 0 Å². The minimum absolute atomic E-state index is 0. The Morgan fingerprint density at radius 3 is 2.91 bits per heavy atom. The molecule has 4 nitrogen and oxygen atoms in total. The fourth-order valence-corrected chi connectivity index (χ4v) is 3.11. The standard InChI is InChI=1S/C16H20ClN3O.ClH/c1-11-15(12(2)21-19-11)10-20-7-6-18-9-16(20)13-4-3-5-14(17)8-13;/h3-5,8,16,18H,6-7,9-10H2,1-2H3;1H. The third-order valence-corrected chi connectivity index (χ3v) is 4.37. The summed E-state index contributed by atoms with van der Waals surface area (Å²) in [5.41, 5.74) is 3.43. The number of aryl methyl sites for hydroxylation is 2. The first-order valence-corrected chi connectivity index (χ1v) is 7.65. The summed E-state index contributed by atoms with van der Waals surface area (Å²) in [5.74, 6) is 0.913. The van der Waals surface area contributed by atoms with Gasteiger partial charge in [-0.2, -0.15) is 0 Å². The Labute approximate surface area is 142 Å². The van der Waals surface area contributed by atoms with Crippen molar-refractivity contribution < 1.29 is 4.52 Å². The number of nitrogens with one attached hydrogen (secondary N) is 1. The molecule has 1 aromatic carbocycles. The van der Waals surface area contributed by atoms with Gasteiger partial charge in [0.15, 0.2) is 0 Å². The van der Waals surface area contributed by atoms with Gasteiger partial charge >= 0.3 is 0 Å². The molecule has 1 saturated heterocycles. The Hall–Kier alpha value is -1.07. The SMILES string of the molecule is Cc1noc(C)c1CN1CCNCC1c1cccc(Cl)c1.Cl. The number of rotatable bonds is 3. The maximum atomic E-state index is 6.14. The highest BCUT2D eigenvalue weighted by atomic mass is 35.5. The summed E-state index contributed by atoms with van der Waals surface area (Å²) < 4.78 is 5.28. The Morgan fingerprint density at radius 2 is 2.23 bits per heavy atom. The highest BCUT2D eigenvalue weighted by Gasteiger charge is 2.25. The predicted molar refractivity (Wildman–Crippen MR) is 90.7 cm³/mol. The van der Waals surface area contributed by atoms with Crippen molar-refractivity contribution in [1.82, 2.24) is 15.4 Å². The molecule has 6 heteroatoms. The van der Waals surface area contributed by atoms with E-state index in [0.717, 1.165) is 42.7 Å². The third kappa shape index (κ3) is 3.63. The summed E-state index contributed by atoms with van der Waals surface area (Å²) in [5, 5.41) is 8.31. The molecule has 0 radical (unpaired) electrons. The molecular weight excluding hydrogens is 321 g/mol. The summed E-state index contributed by atoms with van der Waals surface area (Å²) in [4.78, 5) is 2.47. The summed E-state index contributed by atoms with van der Waals surface area (Å²) in [6, 6.07) is 8.45. The lowest BCUT2D eigenvalue weighted by atomic mass is 10.0. The maximum absolute atomic E-state index is 6.14. The fourth-order valence-electron chi connectivity index (χ4n) is 2.91. The van der Waals surface area contributed by atoms with E-state index in [1.807, 2.05) is 26.0 Å². The van der Waals surface area contributed by atoms with Crippen LogP contribution in [0.25, 0.3) is 0 Å². The van der Waals surface area contributed by atoms with Gasteiger partial charge in [0, 0.05) is 42.8 Å². The van der Waals surface area contributed by atoms with Gasteiger partial charge in [-0.05, 0) is 31.5 Å². The lowest BCUT2D eigenvalue weighted by Crippen LogP contribution is -2.45. The van der Waals surface area contributed by atoms with E-state index in [1.54, 1.807) is 0 Å². The number of piperazine rings is 1. The van der Waals surface area contributed by atoms with Crippen LogP contribution in [0.3, 0.4) is 0 Å². The van der Waals surface area contributed by atoms with Gasteiger partial charge in [-0.1, -0.05) is 28.9 Å². The zero-order valence-corrected chi connectivity index (χ0v) is 14.4. The first-order valence-electron chi connectivity index (χ1n) is 7.27. The molecule has 1 aliphatic heterocycles. The second kappa shape index (κ2) is 7.47. The molecule has 0 aliphatic carbocycles. The second-order valence-corrected chi connectivity index (χ2v) is 5.98. The molecule has 1 N–H and O–H groups in total. The first-order chi connectivity index (χ1) is 10.1. The molecule has 2 heterocycles. The number of hydrogen-bond donors (Lipinski definition) is 1. The van der Waals surface area contributed by atoms with Gasteiger partial charge in [-0.3, -0.25) is 4.90 Å². The van der Waals surface area contributed by atoms with Crippen LogP contribution in [0, 0.1) is 13.8 Å². The van der Waals surface area contributed by atoms with Crippen molar-refractivity contribution in [2.45, 2.75) is 26.4 Å². The van der Waals surface area contributed by atoms with Crippen molar-refractivity contribution >= 4 is 24.0 Å². The molecule has 3 rings (SSSR count). The topological polar surface area (TPSA) is 41.3 Å². The van der Waals surface area contributed by atoms with Gasteiger partial charge in [-0.25, -0.2) is 0 Å². The molecule has 2 aromatic rings. The molecule has 120 valence electrons. The molecule has 0 amide bonds. The normalized spacial score (nSPS) is 19.0. The Kier molecular flexibility index (Phi) is 5.87. The quantitative estimate of drug-likeness (QED) is 0.927. The minimum atomic E-state index is 0. The van der Waals surface area contributed by atoms with Crippen LogP contribution in [-0.2, 0) is 6.54 Å². The molecule has 0 spiro atoms. The number of nitrogens with zero attached hydrogens (tertiary/aromatic N) is 2. The van der Waals surface area contributed by atoms with Crippen LogP contribution >= 0.6 is 24.0 Å². The van der Waals surface area contributed by atoms with E-state index < -0.39 is 0 Å². The average molecular weight is 342 g/mol. The molecule has 1 fully saturated rings. The molecule has 0 bridgehead atoms. The number of hydrogen-bond acceptors (Lipinski definition) is 4. The zero-order chi connectivity index (χ0) is 14.8. The minimum Gasteiger partial charge on any atom is -0.361 e. The van der Waals surface area contributed by atoms with Crippen molar-refractivity contribution in [3.05, 3.63) is 51.9 Å². The molecule has 1 atom stereocenters. The average Bonchev–Trinajstić information content (AvgIpc) is 2.80. The van der Waals surface area contributed by atoms with Gasteiger partial charge in [0.2, 0.25) is 0 Å². The third-order valence-electron chi connectivity index (χ3n) is 4.13. The lowest BCUT2D eigenvalue weighted by molar-refractivity contribution is 0.153. The van der Waals surface area contributed by atoms with E-state index in [1.165, 1.54) is 11.1 Å². The van der Waals surface area contributed by atoms with Crippen molar-refractivity contribution in [2.24, 2.45) is 0 Å². The van der Waals surface area contributed by atoms with Crippen LogP contribution in [0.1, 0.15) is 28.6 Å². The Balaban J connectivity index is 0.00000176. The molecular formula is C16H21Cl2N3O. The van der Waals surface area contributed by atoms with Gasteiger partial charge in [-0.15, -0.1) is 12.4 Å². The van der Waals surface area contributed by atoms with Crippen molar-refractivity contribution in [1.29, 1.82) is 0 Å². The molecule has 1 aliphatic rings. The Bertz CT molecular complexity index is 610. The smallest absolute Gasteiger partial charge is 0.138 e. The van der Waals surface area contributed by atoms with E-state index in [0.29, 0.717) is 6.04 Å². The molecule has 0 saturated carbocycles. The van der Waals surface area contributed by atoms with Crippen LogP contribution < -0.4 is 5.32 Å². The first kappa shape index (κ1) is 17.3. The largest absolute Gasteiger partial charge is 0.361 e. The fraction of sp³-hybridized carbons (Fsp3) is 0.438. The highest BCUT2D eigenvalue weighted by molar-refractivity contribution is 6.30. The number of aromatic nitrogens is 1. The predicted octanol–water partition coefficient (Wildman–Crippen LogP) is 3.51. The van der Waals surface area contributed by atoms with Gasteiger partial charge in [0.25, 0.3) is 0 Å². The van der Waals surface area contributed by atoms with Gasteiger partial charge < -0.3 is 9.84 Å². The van der Waals surface area contributed by atoms with Gasteiger partial charge in [0.05, 0.1) is 5.69 Å². The second-order valence-electron chi connectivity index (χ2n) is 5.55. The summed E-state index contributed by atoms with van der Waals surface area (Å²) in [6.45, 7) is 7.78. The summed E-state index contributed by atoms with van der Waals surface area (Å²) in [7, 11) is 0. The van der Waals surface area contributed by atoms with Crippen LogP contribution in [0.5, 0.6) is 0 Å². The van der Waals surface area contributed by atoms with Crippen molar-refractivity contribution in [3.8, 4) is 0 Å². The van der Waals surface area contributed by atoms with Gasteiger partial charge in [0.1, 0.15) is 5.76 Å². The molecule has 1 aromatic heterocycles. The molecule has 22 heavy (non-hydrogen) atoms. The molecule has 1 unspecified atom stereocenters. The Morgan fingerprint density at radius 1 is 1.41 bits per heavy atom. The van der Waals surface area contributed by atoms with E-state index in [4.69, 9.17) is 16.1 Å². The van der Waals surface area contributed by atoms with Crippen LogP contribution in [0.4, 0.5) is 0 Å². The van der Waals surface area contributed by atoms with E-state index in [-0.39, 0.29) is 12.4 Å². The monoisotopic (exact) mass is 341 g/mol. The van der Waals surface area contributed by atoms with Crippen molar-refractivity contribution in [2.75, 3.05) is 19.6 Å². The lowest BCUT2D eigenvalue weighted by Gasteiger charge is -2.36. The van der Waals surface area contributed by atoms with E-state index in [9.17, 15) is 0 Å². The maximum Gasteiger partial charge on any atom is 0.138 e. The van der Waals surface area contributed by atoms with Crippen LogP contribution in [-0.4, -0.2) is 29.7 Å². The summed E-state index contributed by atoms with van der Waals surface area (Å²) in [6.07, 6.45) is 0. The summed E-state index contributed by atoms with van der Waals surface area (Å²) >= 11 is 6.14. The van der Waals surface area contributed by atoms with E-state index in [2.05, 4.69) is 27.5 Å². The zero-order valence-electron chi connectivity index (χ0n) is 12.8. The van der Waals surface area contributed by atoms with Crippen molar-refractivity contribution in [3.63, 3.8) is 0 Å². The van der Waals surface area contributed by atoms with Crippen LogP contribution in [0.2, 0.25) is 5.02 Å². The van der Waals surface area contributed by atoms with Crippen LogP contribution in [0.15, 0.2) is 28.8 Å². The number of benzene rings is 1.